The van der Waals surface area contributed by atoms with E-state index in [0.29, 0.717) is 45.1 Å². The zero-order valence-electron chi connectivity index (χ0n) is 25.5. The Morgan fingerprint density at radius 1 is 0.800 bits per heavy atom. The van der Waals surface area contributed by atoms with Crippen LogP contribution in [0.15, 0.2) is 121 Å². The Hall–Kier alpha value is -4.30. The molecule has 0 aliphatic carbocycles. The van der Waals surface area contributed by atoms with Crippen molar-refractivity contribution in [2.45, 2.75) is 32.0 Å². The number of ether oxygens (including phenoxy) is 2. The molecular formula is C38H39N3O3S. The molecule has 0 bridgehead atoms. The Morgan fingerprint density at radius 2 is 1.42 bits per heavy atom. The molecule has 1 aromatic heterocycles. The van der Waals surface area contributed by atoms with Gasteiger partial charge in [-0.1, -0.05) is 103 Å². The number of carbonyl (C=O) groups is 1. The molecule has 0 atom stereocenters. The van der Waals surface area contributed by atoms with Crippen molar-refractivity contribution in [3.05, 3.63) is 154 Å². The van der Waals surface area contributed by atoms with Gasteiger partial charge in [0.15, 0.2) is 0 Å². The van der Waals surface area contributed by atoms with Crippen LogP contribution in [0.25, 0.3) is 0 Å². The Kier molecular flexibility index (Phi) is 10.7. The first-order valence-corrected chi connectivity index (χ1v) is 16.5. The maximum atomic E-state index is 13.1. The molecule has 0 radical (unpaired) electrons. The van der Waals surface area contributed by atoms with E-state index in [4.69, 9.17) is 14.5 Å². The molecule has 45 heavy (non-hydrogen) atoms. The van der Waals surface area contributed by atoms with Gasteiger partial charge < -0.3 is 14.4 Å². The molecule has 0 saturated carbocycles. The first-order chi connectivity index (χ1) is 22.2. The summed E-state index contributed by atoms with van der Waals surface area (Å²) in [7, 11) is 0. The summed E-state index contributed by atoms with van der Waals surface area (Å²) in [5.41, 5.74) is 5.52. The van der Waals surface area contributed by atoms with Crippen LogP contribution in [0.4, 0.5) is 0 Å². The van der Waals surface area contributed by atoms with Gasteiger partial charge in [0.1, 0.15) is 23.1 Å². The largest absolute Gasteiger partial charge is 0.489 e. The van der Waals surface area contributed by atoms with Crippen molar-refractivity contribution in [2.75, 3.05) is 32.8 Å². The lowest BCUT2D eigenvalue weighted by atomic mass is 9.88. The van der Waals surface area contributed by atoms with Crippen LogP contribution in [0.5, 0.6) is 5.75 Å². The molecule has 1 saturated heterocycles. The predicted octanol–water partition coefficient (Wildman–Crippen LogP) is 7.42. The monoisotopic (exact) mass is 617 g/mol. The van der Waals surface area contributed by atoms with Crippen molar-refractivity contribution in [3.63, 3.8) is 0 Å². The number of aromatic nitrogens is 1. The van der Waals surface area contributed by atoms with Crippen molar-refractivity contribution >= 4 is 17.2 Å². The Bertz CT molecular complexity index is 1570. The summed E-state index contributed by atoms with van der Waals surface area (Å²) in [6, 6.07) is 40.1. The molecule has 0 N–H and O–H groups in total. The molecule has 0 spiro atoms. The van der Waals surface area contributed by atoms with Gasteiger partial charge >= 0.3 is 0 Å². The molecule has 2 heterocycles. The smallest absolute Gasteiger partial charge is 0.273 e. The van der Waals surface area contributed by atoms with Crippen LogP contribution >= 0.6 is 11.3 Å². The number of benzene rings is 4. The van der Waals surface area contributed by atoms with Crippen molar-refractivity contribution in [2.24, 2.45) is 0 Å². The van der Waals surface area contributed by atoms with Crippen molar-refractivity contribution in [1.82, 2.24) is 14.8 Å². The van der Waals surface area contributed by atoms with E-state index in [1.165, 1.54) is 16.7 Å². The van der Waals surface area contributed by atoms with E-state index in [0.717, 1.165) is 35.8 Å². The number of hydrogen-bond acceptors (Lipinski definition) is 6. The third kappa shape index (κ3) is 8.66. The third-order valence-corrected chi connectivity index (χ3v) is 8.98. The molecule has 5 aromatic rings. The fourth-order valence-corrected chi connectivity index (χ4v) is 6.52. The van der Waals surface area contributed by atoms with Gasteiger partial charge in [-0.25, -0.2) is 4.98 Å². The lowest BCUT2D eigenvalue weighted by molar-refractivity contribution is 0.0299. The lowest BCUT2D eigenvalue weighted by Gasteiger charge is -2.26. The van der Waals surface area contributed by atoms with E-state index < -0.39 is 0 Å². The van der Waals surface area contributed by atoms with Crippen LogP contribution in [0, 0.1) is 0 Å². The van der Waals surface area contributed by atoms with Gasteiger partial charge in [0.05, 0.1) is 19.8 Å². The first kappa shape index (κ1) is 30.7. The minimum atomic E-state index is -0.00772. The van der Waals surface area contributed by atoms with Crippen LogP contribution in [0.3, 0.4) is 0 Å². The molecular weight excluding hydrogens is 579 g/mol. The number of hydrogen-bond donors (Lipinski definition) is 0. The van der Waals surface area contributed by atoms with Crippen molar-refractivity contribution in [1.29, 1.82) is 0 Å². The Morgan fingerprint density at radius 3 is 2.07 bits per heavy atom. The maximum Gasteiger partial charge on any atom is 0.273 e. The van der Waals surface area contributed by atoms with E-state index in [2.05, 4.69) is 102 Å². The van der Waals surface area contributed by atoms with Gasteiger partial charge in [0.2, 0.25) is 0 Å². The van der Waals surface area contributed by atoms with E-state index in [-0.39, 0.29) is 11.8 Å². The molecule has 1 fully saturated rings. The van der Waals surface area contributed by atoms with E-state index in [1.54, 1.807) is 11.3 Å². The Labute approximate surface area is 269 Å². The fourth-order valence-electron chi connectivity index (χ4n) is 5.71. The summed E-state index contributed by atoms with van der Waals surface area (Å²) in [4.78, 5) is 22.2. The summed E-state index contributed by atoms with van der Waals surface area (Å²) in [6.07, 6.45) is 0.956. The number of nitrogens with zero attached hydrogens (tertiary/aromatic N) is 3. The van der Waals surface area contributed by atoms with Gasteiger partial charge in [0.25, 0.3) is 5.91 Å². The molecule has 7 heteroatoms. The van der Waals surface area contributed by atoms with Crippen molar-refractivity contribution in [3.8, 4) is 5.75 Å². The van der Waals surface area contributed by atoms with Crippen LogP contribution in [0.1, 0.15) is 50.1 Å². The van der Waals surface area contributed by atoms with Gasteiger partial charge in [0, 0.05) is 30.9 Å². The first-order valence-electron chi connectivity index (χ1n) is 15.6. The lowest BCUT2D eigenvalue weighted by Crippen LogP contribution is -2.40. The third-order valence-electron chi connectivity index (χ3n) is 8.14. The predicted molar refractivity (Wildman–Crippen MR) is 180 cm³/mol. The molecule has 1 aliphatic rings. The highest BCUT2D eigenvalue weighted by Crippen LogP contribution is 2.29. The number of rotatable bonds is 13. The summed E-state index contributed by atoms with van der Waals surface area (Å²) in [6.45, 7) is 5.24. The molecule has 1 aliphatic heterocycles. The number of morpholine rings is 1. The van der Waals surface area contributed by atoms with Crippen LogP contribution in [-0.4, -0.2) is 53.5 Å². The quantitative estimate of drug-likeness (QED) is 0.138. The SMILES string of the molecule is O=C(c1csc(CN(CCC(c2ccccc2)c2ccccc2)Cc2ccc(OCc3ccccc3)cc2)n1)N1CCOCC1. The van der Waals surface area contributed by atoms with Gasteiger partial charge in [-0.05, 0) is 47.4 Å². The minimum absolute atomic E-state index is 0.00772. The zero-order valence-corrected chi connectivity index (χ0v) is 26.3. The van der Waals surface area contributed by atoms with Gasteiger partial charge in [-0.2, -0.15) is 0 Å². The summed E-state index contributed by atoms with van der Waals surface area (Å²) in [5, 5.41) is 2.85. The average molecular weight is 618 g/mol. The topological polar surface area (TPSA) is 54.9 Å². The van der Waals surface area contributed by atoms with Crippen LogP contribution in [-0.2, 0) is 24.4 Å². The molecule has 230 valence electrons. The standard InChI is InChI=1S/C38H39N3O3S/c42-38(41-22-24-43-25-23-41)36-29-45-37(39-36)27-40(21-20-35(32-12-6-2-7-13-32)33-14-8-3-9-15-33)26-30-16-18-34(19-17-30)44-28-31-10-4-1-5-11-31/h1-19,29,35H,20-28H2. The molecule has 1 amide bonds. The second kappa shape index (κ2) is 15.6. The maximum absolute atomic E-state index is 13.1. The summed E-state index contributed by atoms with van der Waals surface area (Å²) < 4.78 is 11.5. The van der Waals surface area contributed by atoms with E-state index in [9.17, 15) is 4.79 Å². The second-order valence-corrected chi connectivity index (χ2v) is 12.3. The minimum Gasteiger partial charge on any atom is -0.489 e. The molecule has 0 unspecified atom stereocenters. The molecule has 4 aromatic carbocycles. The summed E-state index contributed by atoms with van der Waals surface area (Å²) >= 11 is 1.56. The second-order valence-electron chi connectivity index (χ2n) is 11.3. The van der Waals surface area contributed by atoms with Gasteiger partial charge in [-0.15, -0.1) is 11.3 Å². The fraction of sp³-hybridized carbons (Fsp3) is 0.263. The highest BCUT2D eigenvalue weighted by Gasteiger charge is 2.22. The van der Waals surface area contributed by atoms with E-state index >= 15 is 0 Å². The Balaban J connectivity index is 1.17. The normalized spacial score (nSPS) is 13.3. The van der Waals surface area contributed by atoms with Crippen LogP contribution < -0.4 is 4.74 Å². The molecule has 6 nitrogen and oxygen atoms in total. The zero-order chi connectivity index (χ0) is 30.7. The van der Waals surface area contributed by atoms with E-state index in [1.807, 2.05) is 28.5 Å². The molecule has 6 rings (SSSR count). The summed E-state index contributed by atoms with van der Waals surface area (Å²) in [5.74, 6) is 1.12. The number of carbonyl (C=O) groups excluding carboxylic acids is 1. The number of amides is 1. The van der Waals surface area contributed by atoms with Gasteiger partial charge in [-0.3, -0.25) is 9.69 Å². The van der Waals surface area contributed by atoms with Crippen LogP contribution in [0.2, 0.25) is 0 Å². The van der Waals surface area contributed by atoms with Crippen molar-refractivity contribution < 1.29 is 14.3 Å². The highest BCUT2D eigenvalue weighted by molar-refractivity contribution is 7.09. The highest BCUT2D eigenvalue weighted by atomic mass is 32.1. The average Bonchev–Trinajstić information content (AvgIpc) is 3.58. The number of thiazole rings is 1.